The summed E-state index contributed by atoms with van der Waals surface area (Å²) in [6.07, 6.45) is 4.75. The van der Waals surface area contributed by atoms with E-state index in [9.17, 15) is 4.79 Å². The molecule has 8 heteroatoms. The first-order chi connectivity index (χ1) is 12.6. The zero-order valence-electron chi connectivity index (χ0n) is 15.1. The molecule has 1 atom stereocenters. The summed E-state index contributed by atoms with van der Waals surface area (Å²) in [6.45, 7) is 7.17. The molecule has 2 aliphatic heterocycles. The fourth-order valence-electron chi connectivity index (χ4n) is 3.57. The zero-order chi connectivity index (χ0) is 18.1. The lowest BCUT2D eigenvalue weighted by Gasteiger charge is -2.18. The number of rotatable bonds is 4. The maximum Gasteiger partial charge on any atom is 0.265 e. The van der Waals surface area contributed by atoms with E-state index in [0.717, 1.165) is 40.9 Å². The average molecular weight is 373 g/mol. The van der Waals surface area contributed by atoms with Crippen molar-refractivity contribution >= 4 is 23.1 Å². The number of aromatic nitrogens is 3. The molecule has 0 N–H and O–H groups in total. The molecule has 26 heavy (non-hydrogen) atoms. The van der Waals surface area contributed by atoms with E-state index >= 15 is 0 Å². The van der Waals surface area contributed by atoms with Crippen molar-refractivity contribution in [1.82, 2.24) is 19.9 Å². The monoisotopic (exact) mass is 373 g/mol. The van der Waals surface area contributed by atoms with E-state index in [2.05, 4.69) is 19.9 Å². The predicted molar refractivity (Wildman–Crippen MR) is 100 cm³/mol. The molecule has 2 aromatic rings. The van der Waals surface area contributed by atoms with E-state index in [0.29, 0.717) is 19.0 Å². The Morgan fingerprint density at radius 2 is 2.04 bits per heavy atom. The normalized spacial score (nSPS) is 20.0. The van der Waals surface area contributed by atoms with Gasteiger partial charge in [0.2, 0.25) is 5.88 Å². The second-order valence-corrected chi connectivity index (χ2v) is 8.04. The molecule has 0 spiro atoms. The van der Waals surface area contributed by atoms with Gasteiger partial charge in [-0.05, 0) is 26.7 Å². The van der Waals surface area contributed by atoms with Crippen LogP contribution in [0.5, 0.6) is 5.88 Å². The minimum Gasteiger partial charge on any atom is -0.472 e. The standard InChI is InChI=1S/C18H23N5O2S/c1-12-17(26-13(2)21-12)18(24)23-8-5-14(10-23)25-16-9-15(19-11-20-16)22-6-3-4-7-22/h9,11,14H,3-8,10H2,1-2H3. The van der Waals surface area contributed by atoms with Gasteiger partial charge in [0.05, 0.1) is 17.2 Å². The molecule has 1 amide bonds. The number of hydrogen-bond donors (Lipinski definition) is 0. The highest BCUT2D eigenvalue weighted by Gasteiger charge is 2.30. The Hall–Kier alpha value is -2.22. The van der Waals surface area contributed by atoms with Crippen LogP contribution in [-0.4, -0.2) is 58.0 Å². The number of nitrogens with zero attached hydrogens (tertiary/aromatic N) is 5. The minimum absolute atomic E-state index is 0.0328. The summed E-state index contributed by atoms with van der Waals surface area (Å²) >= 11 is 1.46. The largest absolute Gasteiger partial charge is 0.472 e. The van der Waals surface area contributed by atoms with Gasteiger partial charge in [-0.25, -0.2) is 15.0 Å². The second-order valence-electron chi connectivity index (χ2n) is 6.84. The van der Waals surface area contributed by atoms with Crippen molar-refractivity contribution in [3.63, 3.8) is 0 Å². The third kappa shape index (κ3) is 3.51. The molecule has 0 bridgehead atoms. The molecule has 4 rings (SSSR count). The summed E-state index contributed by atoms with van der Waals surface area (Å²) in [7, 11) is 0. The summed E-state index contributed by atoms with van der Waals surface area (Å²) in [6, 6.07) is 1.91. The van der Waals surface area contributed by atoms with Gasteiger partial charge >= 0.3 is 0 Å². The molecule has 0 aromatic carbocycles. The van der Waals surface area contributed by atoms with Gasteiger partial charge in [-0.2, -0.15) is 0 Å². The Bertz CT molecular complexity index is 803. The number of thiazole rings is 1. The van der Waals surface area contributed by atoms with E-state index in [-0.39, 0.29) is 12.0 Å². The molecule has 0 saturated carbocycles. The number of carbonyl (C=O) groups excluding carboxylic acids is 1. The van der Waals surface area contributed by atoms with Crippen LogP contribution in [0.15, 0.2) is 12.4 Å². The summed E-state index contributed by atoms with van der Waals surface area (Å²) in [5, 5.41) is 0.924. The lowest BCUT2D eigenvalue weighted by Crippen LogP contribution is -2.31. The summed E-state index contributed by atoms with van der Waals surface area (Å²) < 4.78 is 6.04. The number of aryl methyl sites for hydroxylation is 2. The van der Waals surface area contributed by atoms with Gasteiger partial charge in [-0.3, -0.25) is 4.79 Å². The van der Waals surface area contributed by atoms with Crippen LogP contribution in [0.3, 0.4) is 0 Å². The molecular weight excluding hydrogens is 350 g/mol. The predicted octanol–water partition coefficient (Wildman–Crippen LogP) is 2.44. The molecule has 138 valence electrons. The van der Waals surface area contributed by atoms with Gasteiger partial charge in [0, 0.05) is 32.1 Å². The molecule has 4 heterocycles. The highest BCUT2D eigenvalue weighted by molar-refractivity contribution is 7.13. The third-order valence-corrected chi connectivity index (χ3v) is 5.94. The van der Waals surface area contributed by atoms with Crippen LogP contribution in [0, 0.1) is 13.8 Å². The topological polar surface area (TPSA) is 71.5 Å². The quantitative estimate of drug-likeness (QED) is 0.820. The summed E-state index contributed by atoms with van der Waals surface area (Å²) in [5.41, 5.74) is 0.813. The highest BCUT2D eigenvalue weighted by atomic mass is 32.1. The third-order valence-electron chi connectivity index (χ3n) is 4.88. The first-order valence-electron chi connectivity index (χ1n) is 9.07. The highest BCUT2D eigenvalue weighted by Crippen LogP contribution is 2.25. The number of likely N-dealkylation sites (tertiary alicyclic amines) is 1. The van der Waals surface area contributed by atoms with Crippen LogP contribution in [-0.2, 0) is 0 Å². The van der Waals surface area contributed by atoms with Gasteiger partial charge in [-0.15, -0.1) is 11.3 Å². The fraction of sp³-hybridized carbons (Fsp3) is 0.556. The number of anilines is 1. The first-order valence-corrected chi connectivity index (χ1v) is 9.89. The van der Waals surface area contributed by atoms with Crippen molar-refractivity contribution in [2.75, 3.05) is 31.1 Å². The van der Waals surface area contributed by atoms with Crippen LogP contribution in [0.4, 0.5) is 5.82 Å². The van der Waals surface area contributed by atoms with Crippen molar-refractivity contribution in [2.45, 2.75) is 39.2 Å². The maximum absolute atomic E-state index is 12.7. The van der Waals surface area contributed by atoms with Crippen LogP contribution >= 0.6 is 11.3 Å². The number of carbonyl (C=O) groups is 1. The van der Waals surface area contributed by atoms with Gasteiger partial charge in [-0.1, -0.05) is 0 Å². The molecule has 7 nitrogen and oxygen atoms in total. The van der Waals surface area contributed by atoms with Crippen LogP contribution in [0.1, 0.15) is 39.6 Å². The van der Waals surface area contributed by atoms with Crippen molar-refractivity contribution in [3.05, 3.63) is 28.0 Å². The van der Waals surface area contributed by atoms with Crippen LogP contribution in [0.25, 0.3) is 0 Å². The Labute approximate surface area is 157 Å². The molecule has 2 fully saturated rings. The van der Waals surface area contributed by atoms with Crippen LogP contribution in [0.2, 0.25) is 0 Å². The first kappa shape index (κ1) is 17.2. The second kappa shape index (κ2) is 7.19. The molecule has 2 aromatic heterocycles. The number of ether oxygens (including phenoxy) is 1. The van der Waals surface area contributed by atoms with Crippen molar-refractivity contribution in [2.24, 2.45) is 0 Å². The maximum atomic E-state index is 12.7. The van der Waals surface area contributed by atoms with E-state index < -0.39 is 0 Å². The molecule has 1 unspecified atom stereocenters. The van der Waals surface area contributed by atoms with E-state index in [1.165, 1.54) is 24.2 Å². The van der Waals surface area contributed by atoms with Crippen molar-refractivity contribution in [1.29, 1.82) is 0 Å². The van der Waals surface area contributed by atoms with Gasteiger partial charge in [0.15, 0.2) is 0 Å². The van der Waals surface area contributed by atoms with E-state index in [1.807, 2.05) is 24.8 Å². The number of amides is 1. The Balaban J connectivity index is 1.39. The van der Waals surface area contributed by atoms with Crippen molar-refractivity contribution in [3.8, 4) is 5.88 Å². The SMILES string of the molecule is Cc1nc(C)c(C(=O)N2CCC(Oc3cc(N4CCCC4)ncn3)C2)s1. The molecule has 0 radical (unpaired) electrons. The molecular formula is C18H23N5O2S. The molecule has 0 aliphatic carbocycles. The molecule has 2 saturated heterocycles. The van der Waals surface area contributed by atoms with E-state index in [1.54, 1.807) is 6.33 Å². The minimum atomic E-state index is -0.0328. The number of hydrogen-bond acceptors (Lipinski definition) is 7. The average Bonchev–Trinajstić information content (AvgIpc) is 3.36. The van der Waals surface area contributed by atoms with Gasteiger partial charge in [0.1, 0.15) is 23.1 Å². The smallest absolute Gasteiger partial charge is 0.265 e. The van der Waals surface area contributed by atoms with E-state index in [4.69, 9.17) is 4.74 Å². The van der Waals surface area contributed by atoms with Gasteiger partial charge < -0.3 is 14.5 Å². The molecule has 2 aliphatic rings. The lowest BCUT2D eigenvalue weighted by molar-refractivity contribution is 0.0775. The Kier molecular flexibility index (Phi) is 4.76. The Morgan fingerprint density at radius 3 is 2.77 bits per heavy atom. The van der Waals surface area contributed by atoms with Crippen molar-refractivity contribution < 1.29 is 9.53 Å². The van der Waals surface area contributed by atoms with Crippen LogP contribution < -0.4 is 9.64 Å². The van der Waals surface area contributed by atoms with Gasteiger partial charge in [0.25, 0.3) is 5.91 Å². The Morgan fingerprint density at radius 1 is 1.23 bits per heavy atom. The summed E-state index contributed by atoms with van der Waals surface area (Å²) in [4.78, 5) is 30.5. The fourth-order valence-corrected chi connectivity index (χ4v) is 4.45. The lowest BCUT2D eigenvalue weighted by atomic mass is 10.3. The zero-order valence-corrected chi connectivity index (χ0v) is 16.0. The summed E-state index contributed by atoms with van der Waals surface area (Å²) in [5.74, 6) is 1.57.